The van der Waals surface area contributed by atoms with Gasteiger partial charge in [0, 0.05) is 17.8 Å². The van der Waals surface area contributed by atoms with Crippen molar-refractivity contribution >= 4 is 34.7 Å². The van der Waals surface area contributed by atoms with Crippen molar-refractivity contribution in [2.45, 2.75) is 52.1 Å². The molecule has 1 fully saturated rings. The van der Waals surface area contributed by atoms with Gasteiger partial charge in [0.05, 0.1) is 11.4 Å². The van der Waals surface area contributed by atoms with E-state index in [4.69, 9.17) is 0 Å². The van der Waals surface area contributed by atoms with Gasteiger partial charge in [0.2, 0.25) is 0 Å². The highest BCUT2D eigenvalue weighted by atomic mass is 32.2. The summed E-state index contributed by atoms with van der Waals surface area (Å²) in [5.74, 6) is -0.236. The van der Waals surface area contributed by atoms with Crippen molar-refractivity contribution in [2.75, 3.05) is 11.4 Å². The van der Waals surface area contributed by atoms with Crippen LogP contribution in [0.1, 0.15) is 56.7 Å². The van der Waals surface area contributed by atoms with E-state index in [1.165, 1.54) is 28.3 Å². The molecule has 0 saturated carbocycles. The number of benzene rings is 2. The molecular weight excluding hydrogens is 411 g/mol. The Morgan fingerprint density at radius 2 is 1.87 bits per heavy atom. The fourth-order valence-electron chi connectivity index (χ4n) is 4.76. The molecule has 2 aromatic rings. The first kappa shape index (κ1) is 21.6. The Bertz CT molecular complexity index is 1060. The van der Waals surface area contributed by atoms with E-state index in [9.17, 15) is 14.0 Å². The molecule has 1 saturated heterocycles. The Morgan fingerprint density at radius 1 is 1.16 bits per heavy atom. The lowest BCUT2D eigenvalue weighted by molar-refractivity contribution is -0.123. The van der Waals surface area contributed by atoms with Crippen molar-refractivity contribution in [3.05, 3.63) is 69.9 Å². The lowest BCUT2D eigenvalue weighted by Gasteiger charge is -2.47. The Morgan fingerprint density at radius 3 is 2.55 bits per heavy atom. The zero-order valence-electron chi connectivity index (χ0n) is 18.3. The fraction of sp³-hybridized carbons (Fsp3) is 0.360. The summed E-state index contributed by atoms with van der Waals surface area (Å²) < 4.78 is 13.1. The van der Waals surface area contributed by atoms with Gasteiger partial charge in [0.25, 0.3) is 11.1 Å². The maximum Gasteiger partial charge on any atom is 0.293 e. The molecule has 0 aliphatic carbocycles. The first-order chi connectivity index (χ1) is 14.7. The normalized spacial score (nSPS) is 21.7. The van der Waals surface area contributed by atoms with Crippen LogP contribution >= 0.6 is 11.8 Å². The summed E-state index contributed by atoms with van der Waals surface area (Å²) in [6, 6.07) is 12.1. The standard InChI is InChI=1S/C25H27FN2O2S/c1-5-28-21-11-8-18(12-20(21)16(2)14-25(28,3)4)13-22-23(29)27(24(30)31-22)15-17-6-9-19(26)10-7-17/h6-13,16H,5,14-15H2,1-4H3/b22-13-. The monoisotopic (exact) mass is 438 g/mol. The van der Waals surface area contributed by atoms with Crippen molar-refractivity contribution in [3.8, 4) is 0 Å². The second-order valence-corrected chi connectivity index (χ2v) is 9.87. The summed E-state index contributed by atoms with van der Waals surface area (Å²) in [4.78, 5) is 29.4. The molecule has 0 radical (unpaired) electrons. The summed E-state index contributed by atoms with van der Waals surface area (Å²) in [5, 5.41) is -0.300. The van der Waals surface area contributed by atoms with Gasteiger partial charge in [-0.05, 0) is 91.9 Å². The van der Waals surface area contributed by atoms with Crippen LogP contribution in [0.15, 0.2) is 47.4 Å². The highest BCUT2D eigenvalue weighted by Gasteiger charge is 2.37. The molecule has 1 unspecified atom stereocenters. The van der Waals surface area contributed by atoms with Gasteiger partial charge in [0.1, 0.15) is 5.82 Å². The van der Waals surface area contributed by atoms with Crippen molar-refractivity contribution in [1.29, 1.82) is 0 Å². The number of halogens is 1. The van der Waals surface area contributed by atoms with Crippen LogP contribution in [0.2, 0.25) is 0 Å². The van der Waals surface area contributed by atoms with E-state index in [0.717, 1.165) is 35.9 Å². The molecule has 2 aliphatic rings. The maximum atomic E-state index is 13.1. The first-order valence-electron chi connectivity index (χ1n) is 10.6. The van der Waals surface area contributed by atoms with Crippen molar-refractivity contribution in [2.24, 2.45) is 0 Å². The van der Waals surface area contributed by atoms with Gasteiger partial charge >= 0.3 is 0 Å². The van der Waals surface area contributed by atoms with Crippen LogP contribution in [0.3, 0.4) is 0 Å². The van der Waals surface area contributed by atoms with E-state index in [1.807, 2.05) is 6.07 Å². The number of fused-ring (bicyclic) bond motifs is 1. The minimum absolute atomic E-state index is 0.103. The van der Waals surface area contributed by atoms with Gasteiger partial charge in [-0.1, -0.05) is 25.1 Å². The topological polar surface area (TPSA) is 40.6 Å². The SMILES string of the molecule is CCN1c2ccc(/C=C3\SC(=O)N(Cc4ccc(F)cc4)C3=O)cc2C(C)CC1(C)C. The summed E-state index contributed by atoms with van der Waals surface area (Å²) >= 11 is 0.956. The number of thioether (sulfide) groups is 1. The zero-order valence-corrected chi connectivity index (χ0v) is 19.1. The molecule has 31 heavy (non-hydrogen) atoms. The summed E-state index contributed by atoms with van der Waals surface area (Å²) in [6.07, 6.45) is 2.87. The molecule has 2 aliphatic heterocycles. The van der Waals surface area contributed by atoms with Gasteiger partial charge < -0.3 is 4.90 Å². The summed E-state index contributed by atoms with van der Waals surface area (Å²) in [5.41, 5.74) is 4.27. The van der Waals surface area contributed by atoms with E-state index >= 15 is 0 Å². The third-order valence-electron chi connectivity index (χ3n) is 6.15. The number of amides is 2. The van der Waals surface area contributed by atoms with Crippen molar-refractivity contribution in [1.82, 2.24) is 4.90 Å². The molecule has 2 heterocycles. The highest BCUT2D eigenvalue weighted by molar-refractivity contribution is 8.18. The van der Waals surface area contributed by atoms with E-state index in [2.05, 4.69) is 44.7 Å². The lowest BCUT2D eigenvalue weighted by atomic mass is 9.79. The Hall–Kier alpha value is -2.60. The predicted octanol–water partition coefficient (Wildman–Crippen LogP) is 6.17. The number of hydrogen-bond donors (Lipinski definition) is 0. The van der Waals surface area contributed by atoms with E-state index in [-0.39, 0.29) is 29.0 Å². The van der Waals surface area contributed by atoms with Gasteiger partial charge in [0.15, 0.2) is 0 Å². The molecule has 1 atom stereocenters. The summed E-state index contributed by atoms with van der Waals surface area (Å²) in [6.45, 7) is 10.1. The van der Waals surface area contributed by atoms with Gasteiger partial charge in [-0.2, -0.15) is 0 Å². The van der Waals surface area contributed by atoms with Crippen LogP contribution in [-0.4, -0.2) is 28.1 Å². The van der Waals surface area contributed by atoms with Gasteiger partial charge in [-0.15, -0.1) is 0 Å². The number of nitrogens with zero attached hydrogens (tertiary/aromatic N) is 2. The Balaban J connectivity index is 1.59. The largest absolute Gasteiger partial charge is 0.366 e. The second kappa shape index (κ2) is 8.15. The number of anilines is 1. The fourth-order valence-corrected chi connectivity index (χ4v) is 5.60. The average Bonchev–Trinajstić information content (AvgIpc) is 2.97. The molecule has 6 heteroatoms. The van der Waals surface area contributed by atoms with Crippen LogP contribution in [0.4, 0.5) is 14.9 Å². The smallest absolute Gasteiger partial charge is 0.293 e. The molecule has 4 rings (SSSR count). The number of carbonyl (C=O) groups is 2. The third kappa shape index (κ3) is 4.13. The maximum absolute atomic E-state index is 13.1. The summed E-state index contributed by atoms with van der Waals surface area (Å²) in [7, 11) is 0. The molecule has 2 amide bonds. The van der Waals surface area contributed by atoms with Crippen LogP contribution < -0.4 is 4.90 Å². The molecule has 4 nitrogen and oxygen atoms in total. The third-order valence-corrected chi connectivity index (χ3v) is 7.06. The van der Waals surface area contributed by atoms with E-state index < -0.39 is 0 Å². The van der Waals surface area contributed by atoms with Crippen molar-refractivity contribution < 1.29 is 14.0 Å². The zero-order chi connectivity index (χ0) is 22.3. The first-order valence-corrected chi connectivity index (χ1v) is 11.4. The van der Waals surface area contributed by atoms with Crippen LogP contribution in [0.25, 0.3) is 6.08 Å². The molecule has 0 aromatic heterocycles. The lowest BCUT2D eigenvalue weighted by Crippen LogP contribution is -2.48. The van der Waals surface area contributed by atoms with Crippen LogP contribution in [0.5, 0.6) is 0 Å². The predicted molar refractivity (Wildman–Crippen MR) is 124 cm³/mol. The molecule has 2 aromatic carbocycles. The van der Waals surface area contributed by atoms with E-state index in [1.54, 1.807) is 18.2 Å². The van der Waals surface area contributed by atoms with Crippen LogP contribution in [-0.2, 0) is 11.3 Å². The average molecular weight is 439 g/mol. The van der Waals surface area contributed by atoms with Crippen molar-refractivity contribution in [3.63, 3.8) is 0 Å². The molecule has 0 bridgehead atoms. The molecule has 162 valence electrons. The Kier molecular flexibility index (Phi) is 5.69. The number of rotatable bonds is 4. The number of imide groups is 1. The van der Waals surface area contributed by atoms with Gasteiger partial charge in [-0.25, -0.2) is 4.39 Å². The molecule has 0 N–H and O–H groups in total. The minimum Gasteiger partial charge on any atom is -0.366 e. The minimum atomic E-state index is -0.343. The second-order valence-electron chi connectivity index (χ2n) is 8.87. The molecular formula is C25H27FN2O2S. The Labute approximate surface area is 187 Å². The number of carbonyl (C=O) groups excluding carboxylic acids is 2. The number of hydrogen-bond acceptors (Lipinski definition) is 4. The highest BCUT2D eigenvalue weighted by Crippen LogP contribution is 2.44. The molecule has 0 spiro atoms. The van der Waals surface area contributed by atoms with Crippen LogP contribution in [0, 0.1) is 5.82 Å². The van der Waals surface area contributed by atoms with E-state index in [0.29, 0.717) is 10.8 Å². The van der Waals surface area contributed by atoms with Gasteiger partial charge in [-0.3, -0.25) is 14.5 Å². The quantitative estimate of drug-likeness (QED) is 0.535.